The Balaban J connectivity index is 2.54. The van der Waals surface area contributed by atoms with E-state index in [4.69, 9.17) is 0 Å². The second-order valence-electron chi connectivity index (χ2n) is 5.74. The van der Waals surface area contributed by atoms with E-state index in [-0.39, 0.29) is 5.56 Å². The molecule has 1 aromatic carbocycles. The lowest BCUT2D eigenvalue weighted by molar-refractivity contribution is -0.0668. The van der Waals surface area contributed by atoms with E-state index in [0.717, 1.165) is 6.42 Å². The van der Waals surface area contributed by atoms with E-state index in [1.54, 1.807) is 18.2 Å². The number of halogens is 1. The number of aliphatic hydroxyl groups is 1. The Hall–Kier alpha value is -1.40. The molecule has 0 bridgehead atoms. The third kappa shape index (κ3) is 2.04. The van der Waals surface area contributed by atoms with Crippen molar-refractivity contribution in [1.29, 1.82) is 5.26 Å². The molecule has 0 aromatic heterocycles. The summed E-state index contributed by atoms with van der Waals surface area (Å²) in [5, 5.41) is 20.7. The Labute approximate surface area is 113 Å². The van der Waals surface area contributed by atoms with Crippen LogP contribution in [-0.2, 0) is 5.60 Å². The Morgan fingerprint density at radius 2 is 2.21 bits per heavy atom. The van der Waals surface area contributed by atoms with Crippen molar-refractivity contribution in [2.75, 3.05) is 0 Å². The second kappa shape index (κ2) is 4.94. The average Bonchev–Trinajstić information content (AvgIpc) is 2.81. The normalized spacial score (nSPS) is 29.7. The minimum absolute atomic E-state index is 0.258. The number of hydrogen-bond acceptors (Lipinski definition) is 2. The highest BCUT2D eigenvalue weighted by Gasteiger charge is 2.54. The number of nitriles is 1. The van der Waals surface area contributed by atoms with Gasteiger partial charge >= 0.3 is 0 Å². The summed E-state index contributed by atoms with van der Waals surface area (Å²) in [5.74, 6) is -0.0365. The minimum Gasteiger partial charge on any atom is -0.383 e. The molecule has 3 heteroatoms. The molecule has 0 saturated heterocycles. The first-order valence-electron chi connectivity index (χ1n) is 6.88. The molecular weight excluding hydrogens is 241 g/mol. The maximum Gasteiger partial charge on any atom is 0.129 e. The van der Waals surface area contributed by atoms with Crippen molar-refractivity contribution in [3.63, 3.8) is 0 Å². The van der Waals surface area contributed by atoms with Gasteiger partial charge in [0.1, 0.15) is 11.4 Å². The van der Waals surface area contributed by atoms with Crippen LogP contribution in [0.3, 0.4) is 0 Å². The number of benzene rings is 1. The van der Waals surface area contributed by atoms with Gasteiger partial charge in [-0.1, -0.05) is 32.0 Å². The van der Waals surface area contributed by atoms with Crippen LogP contribution in [0.1, 0.15) is 45.1 Å². The van der Waals surface area contributed by atoms with Gasteiger partial charge in [0.05, 0.1) is 11.5 Å². The predicted molar refractivity (Wildman–Crippen MR) is 71.6 cm³/mol. The lowest BCUT2D eigenvalue weighted by Crippen LogP contribution is -2.43. The van der Waals surface area contributed by atoms with Crippen molar-refractivity contribution in [2.45, 2.75) is 45.1 Å². The van der Waals surface area contributed by atoms with E-state index in [1.807, 2.05) is 6.92 Å². The fourth-order valence-electron chi connectivity index (χ4n) is 3.44. The van der Waals surface area contributed by atoms with E-state index in [9.17, 15) is 14.8 Å². The van der Waals surface area contributed by atoms with E-state index in [0.29, 0.717) is 25.2 Å². The van der Waals surface area contributed by atoms with Crippen molar-refractivity contribution < 1.29 is 9.50 Å². The first kappa shape index (κ1) is 14.0. The second-order valence-corrected chi connectivity index (χ2v) is 5.74. The highest BCUT2D eigenvalue weighted by Crippen LogP contribution is 2.54. The first-order valence-corrected chi connectivity index (χ1v) is 6.88. The molecule has 0 aliphatic heterocycles. The molecule has 3 unspecified atom stereocenters. The highest BCUT2D eigenvalue weighted by atomic mass is 19.1. The van der Waals surface area contributed by atoms with Gasteiger partial charge in [-0.3, -0.25) is 0 Å². The summed E-state index contributed by atoms with van der Waals surface area (Å²) in [5.41, 5.74) is -2.02. The van der Waals surface area contributed by atoms with Gasteiger partial charge in [0.2, 0.25) is 0 Å². The predicted octanol–water partition coefficient (Wildman–Crippen LogP) is 3.75. The van der Waals surface area contributed by atoms with Gasteiger partial charge in [-0.15, -0.1) is 0 Å². The molecule has 1 aliphatic rings. The van der Waals surface area contributed by atoms with Crippen molar-refractivity contribution in [3.05, 3.63) is 35.6 Å². The maximum absolute atomic E-state index is 14.1. The fraction of sp³-hybridized carbons (Fsp3) is 0.562. The van der Waals surface area contributed by atoms with Crippen molar-refractivity contribution in [1.82, 2.24) is 0 Å². The standard InChI is InChI=1S/C16H20FNO/c1-3-16(19,13-6-4-5-7-14(13)17)15(11-18)9-8-12(2)10-15/h4-7,12,19H,3,8-10H2,1-2H3. The summed E-state index contributed by atoms with van der Waals surface area (Å²) in [4.78, 5) is 0. The Morgan fingerprint density at radius 3 is 2.68 bits per heavy atom. The minimum atomic E-state index is -1.40. The molecule has 0 heterocycles. The molecule has 1 aliphatic carbocycles. The molecule has 0 radical (unpaired) electrons. The van der Waals surface area contributed by atoms with Crippen LogP contribution in [-0.4, -0.2) is 5.11 Å². The molecule has 0 spiro atoms. The molecule has 1 fully saturated rings. The average molecular weight is 261 g/mol. The summed E-state index contributed by atoms with van der Waals surface area (Å²) in [6.45, 7) is 3.89. The van der Waals surface area contributed by atoms with E-state index < -0.39 is 16.8 Å². The molecule has 3 atom stereocenters. The lowest BCUT2D eigenvalue weighted by atomic mass is 9.66. The third-order valence-corrected chi connectivity index (χ3v) is 4.60. The number of nitrogens with zero attached hydrogens (tertiary/aromatic N) is 1. The summed E-state index contributed by atoms with van der Waals surface area (Å²) in [6.07, 6.45) is 2.50. The Kier molecular flexibility index (Phi) is 3.64. The van der Waals surface area contributed by atoms with Gasteiger partial charge in [0.15, 0.2) is 0 Å². The molecule has 2 nitrogen and oxygen atoms in total. The summed E-state index contributed by atoms with van der Waals surface area (Å²) >= 11 is 0. The van der Waals surface area contributed by atoms with Crippen LogP contribution in [0.5, 0.6) is 0 Å². The molecular formula is C16H20FNO. The number of hydrogen-bond donors (Lipinski definition) is 1. The molecule has 2 rings (SSSR count). The van der Waals surface area contributed by atoms with Crippen molar-refractivity contribution in [3.8, 4) is 6.07 Å². The van der Waals surface area contributed by atoms with Gasteiger partial charge in [-0.2, -0.15) is 5.26 Å². The monoisotopic (exact) mass is 261 g/mol. The summed E-state index contributed by atoms with van der Waals surface area (Å²) in [7, 11) is 0. The molecule has 19 heavy (non-hydrogen) atoms. The molecule has 1 N–H and O–H groups in total. The zero-order valence-electron chi connectivity index (χ0n) is 11.5. The van der Waals surface area contributed by atoms with Crippen molar-refractivity contribution in [2.24, 2.45) is 11.3 Å². The van der Waals surface area contributed by atoms with Crippen LogP contribution in [0.2, 0.25) is 0 Å². The quantitative estimate of drug-likeness (QED) is 0.900. The molecule has 1 saturated carbocycles. The maximum atomic E-state index is 14.1. The largest absolute Gasteiger partial charge is 0.383 e. The number of rotatable bonds is 3. The SMILES string of the molecule is CCC(O)(c1ccccc1F)C1(C#N)CCC(C)C1. The van der Waals surface area contributed by atoms with Gasteiger partial charge in [-0.25, -0.2) is 4.39 Å². The fourth-order valence-corrected chi connectivity index (χ4v) is 3.44. The lowest BCUT2D eigenvalue weighted by Gasteiger charge is -2.40. The molecule has 1 aromatic rings. The van der Waals surface area contributed by atoms with Crippen LogP contribution in [0.15, 0.2) is 24.3 Å². The Bertz CT molecular complexity index is 510. The Morgan fingerprint density at radius 1 is 1.53 bits per heavy atom. The van der Waals surface area contributed by atoms with Gasteiger partial charge in [0.25, 0.3) is 0 Å². The van der Waals surface area contributed by atoms with Crippen LogP contribution in [0.4, 0.5) is 4.39 Å². The summed E-state index contributed by atoms with van der Waals surface area (Å²) < 4.78 is 14.1. The van der Waals surface area contributed by atoms with E-state index >= 15 is 0 Å². The van der Waals surface area contributed by atoms with Crippen LogP contribution in [0.25, 0.3) is 0 Å². The smallest absolute Gasteiger partial charge is 0.129 e. The van der Waals surface area contributed by atoms with Gasteiger partial charge in [0, 0.05) is 5.56 Å². The molecule has 0 amide bonds. The molecule has 102 valence electrons. The topological polar surface area (TPSA) is 44.0 Å². The van der Waals surface area contributed by atoms with Crippen LogP contribution >= 0.6 is 0 Å². The van der Waals surface area contributed by atoms with E-state index in [2.05, 4.69) is 13.0 Å². The van der Waals surface area contributed by atoms with E-state index in [1.165, 1.54) is 6.07 Å². The van der Waals surface area contributed by atoms with Gasteiger partial charge < -0.3 is 5.11 Å². The summed E-state index contributed by atoms with van der Waals surface area (Å²) in [6, 6.07) is 8.57. The van der Waals surface area contributed by atoms with Crippen LogP contribution < -0.4 is 0 Å². The van der Waals surface area contributed by atoms with Gasteiger partial charge in [-0.05, 0) is 37.7 Å². The van der Waals surface area contributed by atoms with Crippen LogP contribution in [0, 0.1) is 28.5 Å². The van der Waals surface area contributed by atoms with Crippen molar-refractivity contribution >= 4 is 0 Å². The zero-order valence-corrected chi connectivity index (χ0v) is 11.5. The third-order valence-electron chi connectivity index (χ3n) is 4.60. The zero-order chi connectivity index (χ0) is 14.1. The highest BCUT2D eigenvalue weighted by molar-refractivity contribution is 5.31. The first-order chi connectivity index (χ1) is 8.99.